The molecule has 2 aliphatic rings. The average molecular weight is 487 g/mol. The average Bonchev–Trinajstić information content (AvgIpc) is 2.91. The number of benzene rings is 2. The van der Waals surface area contributed by atoms with Gasteiger partial charge in [0, 0.05) is 55.4 Å². The maximum Gasteiger partial charge on any atom is 0.253 e. The summed E-state index contributed by atoms with van der Waals surface area (Å²) in [6, 6.07) is 10.8. The molecule has 1 aromatic heterocycles. The van der Waals surface area contributed by atoms with Crippen LogP contribution >= 0.6 is 0 Å². The highest BCUT2D eigenvalue weighted by Gasteiger charge is 2.25. The first-order valence-electron chi connectivity index (χ1n) is 13.3. The molecule has 3 heterocycles. The Morgan fingerprint density at radius 1 is 1.14 bits per heavy atom. The largest absolute Gasteiger partial charge is 0.385 e. The summed E-state index contributed by atoms with van der Waals surface area (Å²) in [5, 5.41) is 4.68. The predicted molar refractivity (Wildman–Crippen MR) is 147 cm³/mol. The van der Waals surface area contributed by atoms with Gasteiger partial charge in [-0.2, -0.15) is 0 Å². The van der Waals surface area contributed by atoms with Crippen molar-refractivity contribution in [1.82, 2.24) is 14.9 Å². The molecule has 0 radical (unpaired) electrons. The van der Waals surface area contributed by atoms with Crippen LogP contribution in [0.15, 0.2) is 36.7 Å². The summed E-state index contributed by atoms with van der Waals surface area (Å²) in [6.45, 7) is 10.6. The summed E-state index contributed by atoms with van der Waals surface area (Å²) >= 11 is 0. The van der Waals surface area contributed by atoms with Crippen molar-refractivity contribution in [2.45, 2.75) is 59.0 Å². The normalized spacial score (nSPS) is 17.2. The number of fused-ring (bicyclic) bond motifs is 2. The van der Waals surface area contributed by atoms with Gasteiger partial charge in [0.15, 0.2) is 0 Å². The molecule has 7 nitrogen and oxygen atoms in total. The van der Waals surface area contributed by atoms with Crippen molar-refractivity contribution >= 4 is 28.3 Å². The van der Waals surface area contributed by atoms with E-state index in [0.717, 1.165) is 91.9 Å². The van der Waals surface area contributed by atoms with Crippen molar-refractivity contribution < 1.29 is 4.79 Å². The molecule has 0 spiro atoms. The van der Waals surface area contributed by atoms with E-state index in [1.807, 2.05) is 11.0 Å². The van der Waals surface area contributed by atoms with E-state index < -0.39 is 0 Å². The van der Waals surface area contributed by atoms with E-state index in [0.29, 0.717) is 5.92 Å². The summed E-state index contributed by atoms with van der Waals surface area (Å²) in [6.07, 6.45) is 5.50. The predicted octanol–water partition coefficient (Wildman–Crippen LogP) is 4.52. The molecule has 5 rings (SSSR count). The molecule has 190 valence electrons. The lowest BCUT2D eigenvalue weighted by Crippen LogP contribution is -2.43. The number of nitrogens with two attached hydrogens (primary N) is 1. The van der Waals surface area contributed by atoms with Gasteiger partial charge in [0.1, 0.15) is 12.1 Å². The number of carbonyl (C=O) groups excluding carboxylic acids is 1. The van der Waals surface area contributed by atoms with Gasteiger partial charge in [-0.25, -0.2) is 9.97 Å². The molecule has 0 aliphatic carbocycles. The van der Waals surface area contributed by atoms with Crippen LogP contribution in [0, 0.1) is 12.8 Å². The van der Waals surface area contributed by atoms with Gasteiger partial charge in [0.2, 0.25) is 0 Å². The molecule has 3 N–H and O–H groups in total. The zero-order valence-electron chi connectivity index (χ0n) is 21.8. The van der Waals surface area contributed by atoms with E-state index in [-0.39, 0.29) is 11.9 Å². The lowest BCUT2D eigenvalue weighted by molar-refractivity contribution is 0.0714. The van der Waals surface area contributed by atoms with E-state index in [1.54, 1.807) is 6.33 Å². The second-order valence-electron chi connectivity index (χ2n) is 10.6. The molecule has 1 fully saturated rings. The van der Waals surface area contributed by atoms with Gasteiger partial charge in [-0.1, -0.05) is 26.3 Å². The zero-order chi connectivity index (χ0) is 25.2. The summed E-state index contributed by atoms with van der Waals surface area (Å²) in [7, 11) is 0. The summed E-state index contributed by atoms with van der Waals surface area (Å²) in [5.74, 6) is 1.69. The monoisotopic (exact) mass is 486 g/mol. The van der Waals surface area contributed by atoms with Crippen LogP contribution in [0.1, 0.15) is 60.2 Å². The van der Waals surface area contributed by atoms with Crippen LogP contribution in [0.5, 0.6) is 0 Å². The van der Waals surface area contributed by atoms with Gasteiger partial charge in [-0.3, -0.25) is 4.79 Å². The lowest BCUT2D eigenvalue weighted by Gasteiger charge is -2.32. The third-order valence-corrected chi connectivity index (χ3v) is 7.85. The molecule has 0 bridgehead atoms. The first-order chi connectivity index (χ1) is 17.4. The summed E-state index contributed by atoms with van der Waals surface area (Å²) < 4.78 is 0. The van der Waals surface area contributed by atoms with Gasteiger partial charge in [0.05, 0.1) is 5.52 Å². The topological polar surface area (TPSA) is 87.4 Å². The molecule has 1 atom stereocenters. The third-order valence-electron chi connectivity index (χ3n) is 7.85. The Morgan fingerprint density at radius 3 is 2.72 bits per heavy atom. The van der Waals surface area contributed by atoms with Gasteiger partial charge in [-0.15, -0.1) is 0 Å². The number of amides is 1. The molecular weight excluding hydrogens is 448 g/mol. The van der Waals surface area contributed by atoms with Crippen LogP contribution in [0.25, 0.3) is 10.9 Å². The second kappa shape index (κ2) is 10.4. The SMILES string of the molecule is CCC(C)CNc1cc(C)c2ncnc(N3CCc4ccc(C(=O)N5CCC(N)CC5)cc4C3)c2c1. The van der Waals surface area contributed by atoms with Crippen LogP contribution in [-0.2, 0) is 13.0 Å². The maximum absolute atomic E-state index is 13.2. The zero-order valence-corrected chi connectivity index (χ0v) is 21.8. The Morgan fingerprint density at radius 2 is 1.94 bits per heavy atom. The molecule has 1 amide bonds. The maximum atomic E-state index is 13.2. The molecular formula is C29H38N6O. The van der Waals surface area contributed by atoms with Crippen molar-refractivity contribution in [3.05, 3.63) is 58.9 Å². The fourth-order valence-corrected chi connectivity index (χ4v) is 5.28. The van der Waals surface area contributed by atoms with E-state index in [9.17, 15) is 4.79 Å². The second-order valence-corrected chi connectivity index (χ2v) is 10.6. The Kier molecular flexibility index (Phi) is 7.10. The number of hydrogen-bond donors (Lipinski definition) is 2. The van der Waals surface area contributed by atoms with Crippen molar-refractivity contribution in [3.8, 4) is 0 Å². The Bertz CT molecular complexity index is 1250. The van der Waals surface area contributed by atoms with E-state index in [4.69, 9.17) is 10.7 Å². The van der Waals surface area contributed by atoms with Crippen LogP contribution in [-0.4, -0.2) is 53.0 Å². The number of rotatable bonds is 6. The first-order valence-corrected chi connectivity index (χ1v) is 13.3. The van der Waals surface area contributed by atoms with Crippen molar-refractivity contribution in [1.29, 1.82) is 0 Å². The Hall–Kier alpha value is -3.19. The minimum atomic E-state index is 0.113. The van der Waals surface area contributed by atoms with E-state index in [1.165, 1.54) is 11.1 Å². The number of nitrogens with zero attached hydrogens (tertiary/aromatic N) is 4. The number of hydrogen-bond acceptors (Lipinski definition) is 6. The Balaban J connectivity index is 1.40. The highest BCUT2D eigenvalue weighted by atomic mass is 16.2. The van der Waals surface area contributed by atoms with E-state index >= 15 is 0 Å². The number of piperidine rings is 1. The smallest absolute Gasteiger partial charge is 0.253 e. The van der Waals surface area contributed by atoms with Gasteiger partial charge in [0.25, 0.3) is 5.91 Å². The fraction of sp³-hybridized carbons (Fsp3) is 0.483. The summed E-state index contributed by atoms with van der Waals surface area (Å²) in [5.41, 5.74) is 12.6. The molecule has 36 heavy (non-hydrogen) atoms. The van der Waals surface area contributed by atoms with Crippen LogP contribution in [0.3, 0.4) is 0 Å². The lowest BCUT2D eigenvalue weighted by atomic mass is 9.96. The number of anilines is 2. The van der Waals surface area contributed by atoms with Crippen molar-refractivity contribution in [2.24, 2.45) is 11.7 Å². The van der Waals surface area contributed by atoms with Crippen LogP contribution in [0.4, 0.5) is 11.5 Å². The number of nitrogens with one attached hydrogen (secondary N) is 1. The van der Waals surface area contributed by atoms with Gasteiger partial charge < -0.3 is 20.9 Å². The van der Waals surface area contributed by atoms with E-state index in [2.05, 4.69) is 60.2 Å². The molecule has 2 aromatic carbocycles. The number of carbonyl (C=O) groups is 1. The number of aromatic nitrogens is 2. The first kappa shape index (κ1) is 24.5. The van der Waals surface area contributed by atoms with Crippen molar-refractivity contribution in [2.75, 3.05) is 36.4 Å². The minimum Gasteiger partial charge on any atom is -0.385 e. The molecule has 1 saturated heterocycles. The molecule has 3 aromatic rings. The number of aryl methyl sites for hydroxylation is 1. The van der Waals surface area contributed by atoms with Gasteiger partial charge >= 0.3 is 0 Å². The fourth-order valence-electron chi connectivity index (χ4n) is 5.28. The molecule has 0 saturated carbocycles. The molecule has 7 heteroatoms. The van der Waals surface area contributed by atoms with Crippen molar-refractivity contribution in [3.63, 3.8) is 0 Å². The highest BCUT2D eigenvalue weighted by Crippen LogP contribution is 2.32. The number of likely N-dealkylation sites (tertiary alicyclic amines) is 1. The minimum absolute atomic E-state index is 0.113. The standard InChI is InChI=1S/C29H38N6O/c1-4-19(2)16-31-25-13-20(3)27-26(15-25)28(33-18-32-27)35-10-7-21-5-6-22(14-23(21)17-35)29(36)34-11-8-24(30)9-12-34/h5-6,13-15,18-19,24,31H,4,7-12,16-17,30H2,1-3H3. The summed E-state index contributed by atoms with van der Waals surface area (Å²) in [4.78, 5) is 26.8. The van der Waals surface area contributed by atoms with Gasteiger partial charge in [-0.05, 0) is 73.1 Å². The highest BCUT2D eigenvalue weighted by molar-refractivity contribution is 5.95. The van der Waals surface area contributed by atoms with Crippen LogP contribution in [0.2, 0.25) is 0 Å². The molecule has 1 unspecified atom stereocenters. The third kappa shape index (κ3) is 5.03. The Labute approximate surface area is 214 Å². The molecule has 2 aliphatic heterocycles. The quantitative estimate of drug-likeness (QED) is 0.533. The van der Waals surface area contributed by atoms with Crippen LogP contribution < -0.4 is 16.0 Å².